The molecule has 0 spiro atoms. The van der Waals surface area contributed by atoms with Crippen LogP contribution < -0.4 is 0 Å². The predicted octanol–water partition coefficient (Wildman–Crippen LogP) is 2.43. The third-order valence-electron chi connectivity index (χ3n) is 1.25. The Labute approximate surface area is 60.6 Å². The van der Waals surface area contributed by atoms with Crippen LogP contribution >= 0.6 is 0 Å². The molecule has 0 aliphatic carbocycles. The smallest absolute Gasteiger partial charge is 0.115 e. The first-order valence-corrected chi connectivity index (χ1v) is 3.24. The van der Waals surface area contributed by atoms with Crippen molar-refractivity contribution in [3.63, 3.8) is 0 Å². The lowest BCUT2D eigenvalue weighted by Crippen LogP contribution is -1.68. The van der Waals surface area contributed by atoms with Crippen LogP contribution in [-0.2, 0) is 0 Å². The number of benzene rings is 1. The zero-order chi connectivity index (χ0) is 7.40. The van der Waals surface area contributed by atoms with Gasteiger partial charge in [-0.25, -0.2) is 0 Å². The molecule has 0 aliphatic rings. The fourth-order valence-electron chi connectivity index (χ4n) is 0.778. The Morgan fingerprint density at radius 3 is 2.30 bits per heavy atom. The maximum absolute atomic E-state index is 8.90. The van der Waals surface area contributed by atoms with Gasteiger partial charge in [0.15, 0.2) is 0 Å². The topological polar surface area (TPSA) is 20.2 Å². The van der Waals surface area contributed by atoms with Crippen molar-refractivity contribution >= 4 is 6.08 Å². The van der Waals surface area contributed by atoms with Crippen molar-refractivity contribution < 1.29 is 5.11 Å². The van der Waals surface area contributed by atoms with Crippen LogP contribution in [0.25, 0.3) is 6.08 Å². The van der Waals surface area contributed by atoms with Gasteiger partial charge in [-0.1, -0.05) is 24.3 Å². The highest BCUT2D eigenvalue weighted by molar-refractivity contribution is 5.49. The largest absolute Gasteiger partial charge is 0.508 e. The molecule has 0 unspecified atom stereocenters. The van der Waals surface area contributed by atoms with Gasteiger partial charge in [0.1, 0.15) is 5.75 Å². The zero-order valence-electron chi connectivity index (χ0n) is 5.91. The first kappa shape index (κ1) is 6.87. The summed E-state index contributed by atoms with van der Waals surface area (Å²) in [5.41, 5.74) is 1.11. The van der Waals surface area contributed by atoms with Gasteiger partial charge in [-0.2, -0.15) is 0 Å². The van der Waals surface area contributed by atoms with Crippen molar-refractivity contribution in [1.82, 2.24) is 0 Å². The van der Waals surface area contributed by atoms with E-state index in [-0.39, 0.29) is 0 Å². The van der Waals surface area contributed by atoms with Gasteiger partial charge in [-0.15, -0.1) is 0 Å². The number of phenolic OH excluding ortho intramolecular Hbond substituents is 1. The Morgan fingerprint density at radius 1 is 1.20 bits per heavy atom. The molecule has 0 aromatic heterocycles. The fourth-order valence-corrected chi connectivity index (χ4v) is 0.778. The van der Waals surface area contributed by atoms with Crippen molar-refractivity contribution in [1.29, 1.82) is 0 Å². The Kier molecular flexibility index (Phi) is 2.11. The van der Waals surface area contributed by atoms with Crippen molar-refractivity contribution in [2.24, 2.45) is 0 Å². The van der Waals surface area contributed by atoms with Gasteiger partial charge in [0.2, 0.25) is 0 Å². The molecule has 0 aliphatic heterocycles. The number of aromatic hydroxyl groups is 1. The van der Waals surface area contributed by atoms with Gasteiger partial charge >= 0.3 is 0 Å². The van der Waals surface area contributed by atoms with E-state index in [0.717, 1.165) is 5.56 Å². The van der Waals surface area contributed by atoms with Crippen LogP contribution in [0.5, 0.6) is 5.75 Å². The summed E-state index contributed by atoms with van der Waals surface area (Å²) in [7, 11) is 0. The summed E-state index contributed by atoms with van der Waals surface area (Å²) < 4.78 is 0. The van der Waals surface area contributed by atoms with E-state index in [2.05, 4.69) is 0 Å². The van der Waals surface area contributed by atoms with E-state index in [1.807, 2.05) is 31.2 Å². The van der Waals surface area contributed by atoms with Gasteiger partial charge in [0.25, 0.3) is 0 Å². The van der Waals surface area contributed by atoms with Crippen LogP contribution in [0.4, 0.5) is 0 Å². The van der Waals surface area contributed by atoms with Crippen LogP contribution in [-0.4, -0.2) is 5.11 Å². The van der Waals surface area contributed by atoms with E-state index in [1.165, 1.54) is 0 Å². The predicted molar refractivity (Wildman–Crippen MR) is 42.8 cm³/mol. The second-order valence-electron chi connectivity index (χ2n) is 2.09. The molecule has 0 amide bonds. The normalized spacial score (nSPS) is 10.5. The second kappa shape index (κ2) is 3.06. The lowest BCUT2D eigenvalue weighted by Gasteiger charge is -1.91. The number of allylic oxidation sites excluding steroid dienone is 1. The standard InChI is InChI=1S/C9H10O/c1-2-3-8-4-6-9(10)7-5-8/h2-7,10H,1H3/b3-2-. The summed E-state index contributed by atoms with van der Waals surface area (Å²) in [6.45, 7) is 1.97. The third kappa shape index (κ3) is 1.62. The molecule has 1 nitrogen and oxygen atoms in total. The van der Waals surface area contributed by atoms with Crippen LogP contribution in [0.3, 0.4) is 0 Å². The molecule has 1 rings (SSSR count). The number of hydrogen-bond acceptors (Lipinski definition) is 1. The maximum Gasteiger partial charge on any atom is 0.115 e. The second-order valence-corrected chi connectivity index (χ2v) is 2.09. The summed E-state index contributed by atoms with van der Waals surface area (Å²) in [4.78, 5) is 0. The zero-order valence-corrected chi connectivity index (χ0v) is 5.91. The van der Waals surface area contributed by atoms with Crippen molar-refractivity contribution in [3.05, 3.63) is 35.9 Å². The summed E-state index contributed by atoms with van der Waals surface area (Å²) in [5, 5.41) is 8.90. The molecule has 1 N–H and O–H groups in total. The Morgan fingerprint density at radius 2 is 1.80 bits per heavy atom. The molecule has 0 saturated carbocycles. The average Bonchev–Trinajstić information content (AvgIpc) is 1.95. The number of rotatable bonds is 1. The van der Waals surface area contributed by atoms with Gasteiger partial charge in [-0.3, -0.25) is 0 Å². The molecule has 0 radical (unpaired) electrons. The molecule has 0 bridgehead atoms. The monoisotopic (exact) mass is 134 g/mol. The quantitative estimate of drug-likeness (QED) is 0.625. The van der Waals surface area contributed by atoms with Gasteiger partial charge in [-0.05, 0) is 24.6 Å². The first-order chi connectivity index (χ1) is 4.83. The number of phenols is 1. The van der Waals surface area contributed by atoms with E-state index in [1.54, 1.807) is 12.1 Å². The molecule has 0 saturated heterocycles. The van der Waals surface area contributed by atoms with E-state index < -0.39 is 0 Å². The summed E-state index contributed by atoms with van der Waals surface area (Å²) in [6, 6.07) is 7.09. The first-order valence-electron chi connectivity index (χ1n) is 3.24. The lowest BCUT2D eigenvalue weighted by atomic mass is 10.2. The highest BCUT2D eigenvalue weighted by Gasteiger charge is 1.85. The van der Waals surface area contributed by atoms with E-state index in [0.29, 0.717) is 5.75 Å². The van der Waals surface area contributed by atoms with Crippen molar-refractivity contribution in [2.45, 2.75) is 6.92 Å². The minimum atomic E-state index is 0.313. The summed E-state index contributed by atoms with van der Waals surface area (Å²) >= 11 is 0. The molecule has 1 aromatic rings. The minimum Gasteiger partial charge on any atom is -0.508 e. The van der Waals surface area contributed by atoms with Crippen molar-refractivity contribution in [2.75, 3.05) is 0 Å². The average molecular weight is 134 g/mol. The van der Waals surface area contributed by atoms with E-state index >= 15 is 0 Å². The number of hydrogen-bond donors (Lipinski definition) is 1. The molecule has 1 aromatic carbocycles. The Hall–Kier alpha value is -1.24. The van der Waals surface area contributed by atoms with E-state index in [9.17, 15) is 0 Å². The molecule has 0 heterocycles. The van der Waals surface area contributed by atoms with E-state index in [4.69, 9.17) is 5.11 Å². The van der Waals surface area contributed by atoms with Crippen LogP contribution in [0, 0.1) is 0 Å². The van der Waals surface area contributed by atoms with Gasteiger partial charge < -0.3 is 5.11 Å². The maximum atomic E-state index is 8.90. The van der Waals surface area contributed by atoms with Crippen LogP contribution in [0.15, 0.2) is 30.3 Å². The molecule has 1 heteroatoms. The van der Waals surface area contributed by atoms with Crippen LogP contribution in [0.2, 0.25) is 0 Å². The molecule has 0 atom stereocenters. The third-order valence-corrected chi connectivity index (χ3v) is 1.25. The SMILES string of the molecule is C/C=C\c1ccc(O)cc1. The van der Waals surface area contributed by atoms with Gasteiger partial charge in [0, 0.05) is 0 Å². The minimum absolute atomic E-state index is 0.313. The Balaban J connectivity index is 2.89. The molecule has 52 valence electrons. The fraction of sp³-hybridized carbons (Fsp3) is 0.111. The molecular weight excluding hydrogens is 124 g/mol. The van der Waals surface area contributed by atoms with Gasteiger partial charge in [0.05, 0.1) is 0 Å². The Bertz CT molecular complexity index is 221. The highest BCUT2D eigenvalue weighted by atomic mass is 16.3. The lowest BCUT2D eigenvalue weighted by molar-refractivity contribution is 0.475. The van der Waals surface area contributed by atoms with Crippen LogP contribution in [0.1, 0.15) is 12.5 Å². The van der Waals surface area contributed by atoms with Crippen molar-refractivity contribution in [3.8, 4) is 5.75 Å². The summed E-state index contributed by atoms with van der Waals surface area (Å²) in [5.74, 6) is 0.313. The molecule has 0 fully saturated rings. The highest BCUT2D eigenvalue weighted by Crippen LogP contribution is 2.10. The summed E-state index contributed by atoms with van der Waals surface area (Å²) in [6.07, 6.45) is 3.95. The molecule has 10 heavy (non-hydrogen) atoms. The molecular formula is C9H10O.